The fraction of sp³-hybridized carbons (Fsp3) is 0.167. The first kappa shape index (κ1) is 20.1. The molecule has 29 heavy (non-hydrogen) atoms. The fourth-order valence-corrected chi connectivity index (χ4v) is 2.73. The van der Waals surface area contributed by atoms with Gasteiger partial charge in [0.25, 0.3) is 5.91 Å². The zero-order valence-corrected chi connectivity index (χ0v) is 16.5. The Morgan fingerprint density at radius 2 is 1.59 bits per heavy atom. The second-order valence-electron chi connectivity index (χ2n) is 6.55. The Hall–Kier alpha value is -3.60. The summed E-state index contributed by atoms with van der Waals surface area (Å²) in [5.74, 6) is 0.215. The molecule has 0 aromatic heterocycles. The van der Waals surface area contributed by atoms with E-state index in [1.807, 2.05) is 43.3 Å². The summed E-state index contributed by atoms with van der Waals surface area (Å²) in [7, 11) is 0. The Morgan fingerprint density at radius 1 is 0.897 bits per heavy atom. The van der Waals surface area contributed by atoms with Gasteiger partial charge in [0.15, 0.2) is 0 Å². The van der Waals surface area contributed by atoms with Gasteiger partial charge < -0.3 is 14.8 Å². The Labute approximate surface area is 170 Å². The van der Waals surface area contributed by atoms with Crippen LogP contribution in [0.3, 0.4) is 0 Å². The van der Waals surface area contributed by atoms with Gasteiger partial charge >= 0.3 is 5.97 Å². The highest BCUT2D eigenvalue weighted by Crippen LogP contribution is 2.16. The first-order valence-electron chi connectivity index (χ1n) is 9.42. The molecule has 3 aromatic carbocycles. The first-order chi connectivity index (χ1) is 14.0. The quantitative estimate of drug-likeness (QED) is 0.578. The molecule has 0 bridgehead atoms. The van der Waals surface area contributed by atoms with Crippen molar-refractivity contribution in [2.75, 3.05) is 11.9 Å². The van der Waals surface area contributed by atoms with Gasteiger partial charge in [0.05, 0.1) is 12.2 Å². The monoisotopic (exact) mass is 389 g/mol. The van der Waals surface area contributed by atoms with E-state index in [0.717, 1.165) is 16.9 Å². The van der Waals surface area contributed by atoms with Crippen molar-refractivity contribution in [3.8, 4) is 5.75 Å². The fourth-order valence-electron chi connectivity index (χ4n) is 2.73. The van der Waals surface area contributed by atoms with Gasteiger partial charge in [-0.1, -0.05) is 24.3 Å². The van der Waals surface area contributed by atoms with Crippen LogP contribution in [0.15, 0.2) is 72.8 Å². The van der Waals surface area contributed by atoms with Gasteiger partial charge in [0.2, 0.25) is 0 Å². The van der Waals surface area contributed by atoms with Crippen molar-refractivity contribution >= 4 is 17.6 Å². The molecule has 3 aromatic rings. The van der Waals surface area contributed by atoms with E-state index in [0.29, 0.717) is 30.0 Å². The molecule has 5 heteroatoms. The summed E-state index contributed by atoms with van der Waals surface area (Å²) in [5.41, 5.74) is 3.71. The average Bonchev–Trinajstić information content (AvgIpc) is 2.73. The second-order valence-corrected chi connectivity index (χ2v) is 6.55. The number of carbonyl (C=O) groups is 2. The lowest BCUT2D eigenvalue weighted by atomic mass is 10.1. The number of hydrogen-bond donors (Lipinski definition) is 1. The summed E-state index contributed by atoms with van der Waals surface area (Å²) >= 11 is 0. The summed E-state index contributed by atoms with van der Waals surface area (Å²) in [6.45, 7) is 4.53. The zero-order valence-electron chi connectivity index (χ0n) is 16.5. The van der Waals surface area contributed by atoms with Crippen LogP contribution in [0.5, 0.6) is 5.75 Å². The third kappa shape index (κ3) is 5.69. The molecule has 0 fully saturated rings. The van der Waals surface area contributed by atoms with Crippen LogP contribution in [0.25, 0.3) is 0 Å². The Bertz CT molecular complexity index is 979. The summed E-state index contributed by atoms with van der Waals surface area (Å²) in [5, 5.41) is 2.82. The minimum absolute atomic E-state index is 0.222. The smallest absolute Gasteiger partial charge is 0.338 e. The number of ether oxygens (including phenoxy) is 2. The van der Waals surface area contributed by atoms with E-state index in [1.165, 1.54) is 0 Å². The average molecular weight is 389 g/mol. The number of anilines is 1. The number of benzene rings is 3. The number of aryl methyl sites for hydroxylation is 1. The van der Waals surface area contributed by atoms with E-state index in [4.69, 9.17) is 9.47 Å². The molecule has 148 valence electrons. The molecule has 1 amide bonds. The number of hydrogen-bond acceptors (Lipinski definition) is 4. The Kier molecular flexibility index (Phi) is 6.63. The maximum atomic E-state index is 12.4. The van der Waals surface area contributed by atoms with Crippen LogP contribution in [-0.2, 0) is 11.3 Å². The molecule has 0 aliphatic heterocycles. The van der Waals surface area contributed by atoms with Crippen molar-refractivity contribution in [3.63, 3.8) is 0 Å². The Morgan fingerprint density at radius 3 is 2.24 bits per heavy atom. The molecule has 0 saturated heterocycles. The summed E-state index contributed by atoms with van der Waals surface area (Å²) in [4.78, 5) is 24.1. The molecule has 0 aliphatic rings. The van der Waals surface area contributed by atoms with Gasteiger partial charge in [-0.15, -0.1) is 0 Å². The maximum absolute atomic E-state index is 12.4. The lowest BCUT2D eigenvalue weighted by Crippen LogP contribution is -2.12. The highest BCUT2D eigenvalue weighted by Gasteiger charge is 2.09. The third-order valence-electron chi connectivity index (χ3n) is 4.27. The van der Waals surface area contributed by atoms with Gasteiger partial charge in [-0.2, -0.15) is 0 Å². The largest absolute Gasteiger partial charge is 0.489 e. The summed E-state index contributed by atoms with van der Waals surface area (Å²) < 4.78 is 10.7. The molecule has 1 N–H and O–H groups in total. The molecule has 0 radical (unpaired) electrons. The van der Waals surface area contributed by atoms with E-state index in [1.54, 1.807) is 43.3 Å². The van der Waals surface area contributed by atoms with Crippen LogP contribution in [0.2, 0.25) is 0 Å². The molecular weight excluding hydrogens is 366 g/mol. The number of amides is 1. The number of esters is 1. The van der Waals surface area contributed by atoms with Crippen molar-refractivity contribution in [2.24, 2.45) is 0 Å². The first-order valence-corrected chi connectivity index (χ1v) is 9.42. The van der Waals surface area contributed by atoms with Gasteiger partial charge in [-0.25, -0.2) is 4.79 Å². The van der Waals surface area contributed by atoms with Gasteiger partial charge in [-0.3, -0.25) is 4.79 Å². The molecule has 3 rings (SSSR count). The minimum atomic E-state index is -0.381. The molecule has 0 aliphatic carbocycles. The van der Waals surface area contributed by atoms with Gasteiger partial charge in [0.1, 0.15) is 12.4 Å². The highest BCUT2D eigenvalue weighted by molar-refractivity contribution is 6.04. The predicted molar refractivity (Wildman–Crippen MR) is 112 cm³/mol. The van der Waals surface area contributed by atoms with Crippen LogP contribution in [0, 0.1) is 6.92 Å². The van der Waals surface area contributed by atoms with Gasteiger partial charge in [-0.05, 0) is 73.5 Å². The van der Waals surface area contributed by atoms with E-state index < -0.39 is 0 Å². The highest BCUT2D eigenvalue weighted by atomic mass is 16.5. The molecular formula is C24H23NO4. The van der Waals surface area contributed by atoms with Crippen LogP contribution in [0.4, 0.5) is 5.69 Å². The molecule has 0 spiro atoms. The van der Waals surface area contributed by atoms with E-state index in [9.17, 15) is 9.59 Å². The van der Waals surface area contributed by atoms with Crippen LogP contribution < -0.4 is 10.1 Å². The van der Waals surface area contributed by atoms with Crippen molar-refractivity contribution in [3.05, 3.63) is 95.1 Å². The lowest BCUT2D eigenvalue weighted by molar-refractivity contribution is 0.0526. The normalized spacial score (nSPS) is 10.3. The third-order valence-corrected chi connectivity index (χ3v) is 4.27. The SMILES string of the molecule is CCOC(=O)c1ccc(NC(=O)c2ccc(COc3cccc(C)c3)cc2)cc1. The molecule has 0 atom stereocenters. The maximum Gasteiger partial charge on any atom is 0.338 e. The zero-order chi connectivity index (χ0) is 20.6. The number of carbonyl (C=O) groups excluding carboxylic acids is 2. The van der Waals surface area contributed by atoms with E-state index in [-0.39, 0.29) is 11.9 Å². The van der Waals surface area contributed by atoms with Crippen molar-refractivity contribution < 1.29 is 19.1 Å². The van der Waals surface area contributed by atoms with Crippen molar-refractivity contribution in [1.29, 1.82) is 0 Å². The molecule has 0 saturated carbocycles. The number of rotatable bonds is 7. The van der Waals surface area contributed by atoms with E-state index >= 15 is 0 Å². The molecule has 0 heterocycles. The van der Waals surface area contributed by atoms with Crippen molar-refractivity contribution in [1.82, 2.24) is 0 Å². The topological polar surface area (TPSA) is 64.6 Å². The van der Waals surface area contributed by atoms with Crippen LogP contribution in [-0.4, -0.2) is 18.5 Å². The summed E-state index contributed by atoms with van der Waals surface area (Å²) in [6, 6.07) is 21.7. The summed E-state index contributed by atoms with van der Waals surface area (Å²) in [6.07, 6.45) is 0. The Balaban J connectivity index is 1.56. The lowest BCUT2D eigenvalue weighted by Gasteiger charge is -2.09. The molecule has 5 nitrogen and oxygen atoms in total. The standard InChI is InChI=1S/C24H23NO4/c1-3-28-24(27)20-11-13-21(14-12-20)25-23(26)19-9-7-18(8-10-19)16-29-22-6-4-5-17(2)15-22/h4-15H,3,16H2,1-2H3,(H,25,26). The predicted octanol–water partition coefficient (Wildman–Crippen LogP) is 5.00. The second kappa shape index (κ2) is 9.55. The van der Waals surface area contributed by atoms with Crippen molar-refractivity contribution in [2.45, 2.75) is 20.5 Å². The van der Waals surface area contributed by atoms with Crippen LogP contribution in [0.1, 0.15) is 38.8 Å². The van der Waals surface area contributed by atoms with Crippen LogP contribution >= 0.6 is 0 Å². The van der Waals surface area contributed by atoms with E-state index in [2.05, 4.69) is 5.32 Å². The minimum Gasteiger partial charge on any atom is -0.489 e. The number of nitrogens with one attached hydrogen (secondary N) is 1. The molecule has 0 unspecified atom stereocenters. The van der Waals surface area contributed by atoms with Gasteiger partial charge in [0, 0.05) is 11.3 Å².